The maximum Gasteiger partial charge on any atom is 0.169 e. The van der Waals surface area contributed by atoms with Crippen LogP contribution in [0, 0.1) is 0 Å². The van der Waals surface area contributed by atoms with Crippen LogP contribution in [0.4, 0.5) is 0 Å². The van der Waals surface area contributed by atoms with Crippen LogP contribution < -0.4 is 0 Å². The van der Waals surface area contributed by atoms with Crippen molar-refractivity contribution in [3.63, 3.8) is 0 Å². The van der Waals surface area contributed by atoms with Gasteiger partial charge < -0.3 is 14.1 Å². The molecule has 0 saturated carbocycles. The van der Waals surface area contributed by atoms with Gasteiger partial charge in [-0.25, -0.2) is 0 Å². The molecule has 0 aliphatic rings. The van der Waals surface area contributed by atoms with E-state index >= 15 is 0 Å². The number of hydrogen-bond donors (Lipinski definition) is 1. The van der Waals surface area contributed by atoms with Crippen molar-refractivity contribution in [2.45, 2.75) is 13.2 Å². The Hall–Kier alpha value is -1.14. The van der Waals surface area contributed by atoms with Gasteiger partial charge in [-0.2, -0.15) is 0 Å². The van der Waals surface area contributed by atoms with Gasteiger partial charge >= 0.3 is 0 Å². The molecule has 0 amide bonds. The lowest BCUT2D eigenvalue weighted by molar-refractivity contribution is 0.264. The molecule has 5 nitrogen and oxygen atoms in total. The molecular formula is C8H8BrN3O2. The molecule has 0 spiro atoms. The lowest BCUT2D eigenvalue weighted by Gasteiger charge is -2.00. The number of hydrogen-bond acceptors (Lipinski definition) is 4. The summed E-state index contributed by atoms with van der Waals surface area (Å²) in [5.41, 5.74) is 0. The summed E-state index contributed by atoms with van der Waals surface area (Å²) in [6.45, 7) is 0.399. The van der Waals surface area contributed by atoms with E-state index < -0.39 is 0 Å². The first-order chi connectivity index (χ1) is 6.79. The van der Waals surface area contributed by atoms with Gasteiger partial charge in [0.1, 0.15) is 18.7 Å². The van der Waals surface area contributed by atoms with Crippen molar-refractivity contribution < 1.29 is 9.52 Å². The summed E-state index contributed by atoms with van der Waals surface area (Å²) in [6.07, 6.45) is 1.56. The zero-order valence-corrected chi connectivity index (χ0v) is 8.81. The maximum atomic E-state index is 8.93. The van der Waals surface area contributed by atoms with Crippen molar-refractivity contribution in [2.24, 2.45) is 0 Å². The summed E-state index contributed by atoms with van der Waals surface area (Å²) in [7, 11) is 0. The largest absolute Gasteiger partial charge is 0.452 e. The van der Waals surface area contributed by atoms with Crippen LogP contribution in [0.25, 0.3) is 0 Å². The zero-order valence-electron chi connectivity index (χ0n) is 7.22. The number of furan rings is 1. The molecule has 1 N–H and O–H groups in total. The van der Waals surface area contributed by atoms with E-state index in [-0.39, 0.29) is 6.61 Å². The normalized spacial score (nSPS) is 10.7. The van der Waals surface area contributed by atoms with E-state index in [0.29, 0.717) is 17.0 Å². The summed E-state index contributed by atoms with van der Waals surface area (Å²) in [5, 5.41) is 16.4. The Morgan fingerprint density at radius 2 is 2.36 bits per heavy atom. The zero-order chi connectivity index (χ0) is 9.97. The SMILES string of the molecule is OCc1nncn1Cc1ccc(Br)o1. The molecule has 2 rings (SSSR count). The van der Waals surface area contributed by atoms with Crippen LogP contribution in [0.15, 0.2) is 27.5 Å². The minimum atomic E-state index is -0.123. The summed E-state index contributed by atoms with van der Waals surface area (Å²) < 4.78 is 7.73. The average molecular weight is 258 g/mol. The van der Waals surface area contributed by atoms with Crippen LogP contribution in [0.1, 0.15) is 11.6 Å². The Morgan fingerprint density at radius 3 is 3.00 bits per heavy atom. The smallest absolute Gasteiger partial charge is 0.169 e. The highest BCUT2D eigenvalue weighted by molar-refractivity contribution is 9.10. The van der Waals surface area contributed by atoms with E-state index in [2.05, 4.69) is 26.1 Å². The fourth-order valence-corrected chi connectivity index (χ4v) is 1.48. The van der Waals surface area contributed by atoms with Crippen LogP contribution in [0.5, 0.6) is 0 Å². The lowest BCUT2D eigenvalue weighted by Crippen LogP contribution is -2.03. The monoisotopic (exact) mass is 257 g/mol. The number of rotatable bonds is 3. The van der Waals surface area contributed by atoms with Gasteiger partial charge in [-0.15, -0.1) is 10.2 Å². The number of aliphatic hydroxyl groups excluding tert-OH is 1. The van der Waals surface area contributed by atoms with Crippen molar-refractivity contribution in [3.05, 3.63) is 34.7 Å². The fourth-order valence-electron chi connectivity index (χ4n) is 1.14. The van der Waals surface area contributed by atoms with E-state index in [1.54, 1.807) is 10.9 Å². The van der Waals surface area contributed by atoms with Crippen LogP contribution in [0.3, 0.4) is 0 Å². The minimum absolute atomic E-state index is 0.123. The van der Waals surface area contributed by atoms with Gasteiger partial charge in [0, 0.05) is 0 Å². The van der Waals surface area contributed by atoms with Gasteiger partial charge in [0.05, 0.1) is 6.54 Å². The van der Waals surface area contributed by atoms with E-state index in [9.17, 15) is 0 Å². The Kier molecular flexibility index (Phi) is 2.64. The second kappa shape index (κ2) is 3.93. The predicted molar refractivity (Wildman–Crippen MR) is 51.5 cm³/mol. The molecule has 0 aliphatic heterocycles. The molecule has 0 aliphatic carbocycles. The van der Waals surface area contributed by atoms with Gasteiger partial charge in [0.15, 0.2) is 10.5 Å². The van der Waals surface area contributed by atoms with E-state index in [1.165, 1.54) is 0 Å². The standard InChI is InChI=1S/C8H8BrN3O2/c9-7-2-1-6(14-7)3-12-5-10-11-8(12)4-13/h1-2,5,13H,3-4H2. The van der Waals surface area contributed by atoms with Crippen molar-refractivity contribution in [1.82, 2.24) is 14.8 Å². The summed E-state index contributed by atoms with van der Waals surface area (Å²) in [5.74, 6) is 1.31. The number of aliphatic hydroxyl groups is 1. The van der Waals surface area contributed by atoms with Gasteiger partial charge in [-0.3, -0.25) is 0 Å². The molecular weight excluding hydrogens is 250 g/mol. The first-order valence-electron chi connectivity index (χ1n) is 4.01. The van der Waals surface area contributed by atoms with Crippen molar-refractivity contribution >= 4 is 15.9 Å². The lowest BCUT2D eigenvalue weighted by atomic mass is 10.4. The molecule has 0 radical (unpaired) electrons. The third kappa shape index (κ3) is 1.85. The Labute approximate surface area is 88.5 Å². The van der Waals surface area contributed by atoms with Gasteiger partial charge in [-0.05, 0) is 28.1 Å². The van der Waals surface area contributed by atoms with Crippen molar-refractivity contribution in [3.8, 4) is 0 Å². The molecule has 0 atom stereocenters. The first kappa shape index (κ1) is 9.42. The molecule has 14 heavy (non-hydrogen) atoms. The highest BCUT2D eigenvalue weighted by Gasteiger charge is 2.05. The Balaban J connectivity index is 2.18. The second-order valence-electron chi connectivity index (χ2n) is 2.74. The summed E-state index contributed by atoms with van der Waals surface area (Å²) in [6, 6.07) is 3.67. The van der Waals surface area contributed by atoms with Crippen molar-refractivity contribution in [2.75, 3.05) is 0 Å². The average Bonchev–Trinajstić information content (AvgIpc) is 2.76. The molecule has 0 fully saturated rings. The van der Waals surface area contributed by atoms with Gasteiger partial charge in [0.25, 0.3) is 0 Å². The fraction of sp³-hybridized carbons (Fsp3) is 0.250. The Morgan fingerprint density at radius 1 is 1.50 bits per heavy atom. The molecule has 2 aromatic rings. The van der Waals surface area contributed by atoms with Crippen LogP contribution in [0.2, 0.25) is 0 Å². The molecule has 2 aromatic heterocycles. The predicted octanol–water partition coefficient (Wildman–Crippen LogP) is 1.17. The molecule has 6 heteroatoms. The molecule has 0 unspecified atom stereocenters. The quantitative estimate of drug-likeness (QED) is 0.897. The van der Waals surface area contributed by atoms with Gasteiger partial charge in [-0.1, -0.05) is 0 Å². The van der Waals surface area contributed by atoms with Gasteiger partial charge in [0.2, 0.25) is 0 Å². The van der Waals surface area contributed by atoms with Crippen LogP contribution in [-0.2, 0) is 13.2 Å². The number of aromatic nitrogens is 3. The minimum Gasteiger partial charge on any atom is -0.452 e. The maximum absolute atomic E-state index is 8.93. The molecule has 74 valence electrons. The topological polar surface area (TPSA) is 64.1 Å². The third-order valence-corrected chi connectivity index (χ3v) is 2.22. The molecule has 0 aromatic carbocycles. The first-order valence-corrected chi connectivity index (χ1v) is 4.80. The second-order valence-corrected chi connectivity index (χ2v) is 3.52. The highest BCUT2D eigenvalue weighted by Crippen LogP contribution is 2.15. The molecule has 0 bridgehead atoms. The van der Waals surface area contributed by atoms with E-state index in [0.717, 1.165) is 5.76 Å². The van der Waals surface area contributed by atoms with Crippen molar-refractivity contribution in [1.29, 1.82) is 0 Å². The van der Waals surface area contributed by atoms with E-state index in [1.807, 2.05) is 12.1 Å². The highest BCUT2D eigenvalue weighted by atomic mass is 79.9. The van der Waals surface area contributed by atoms with Crippen LogP contribution >= 0.6 is 15.9 Å². The molecule has 0 saturated heterocycles. The third-order valence-electron chi connectivity index (χ3n) is 1.79. The number of nitrogens with zero attached hydrogens (tertiary/aromatic N) is 3. The molecule has 2 heterocycles. The summed E-state index contributed by atoms with van der Waals surface area (Å²) in [4.78, 5) is 0. The Bertz CT molecular complexity index is 424. The van der Waals surface area contributed by atoms with E-state index in [4.69, 9.17) is 9.52 Å². The summed E-state index contributed by atoms with van der Waals surface area (Å²) >= 11 is 3.22. The number of halogens is 1. The van der Waals surface area contributed by atoms with Crippen LogP contribution in [-0.4, -0.2) is 19.9 Å².